The normalized spacial score (nSPS) is 11.6. The lowest BCUT2D eigenvalue weighted by atomic mass is 10.1. The van der Waals surface area contributed by atoms with E-state index in [4.69, 9.17) is 0 Å². The maximum Gasteiger partial charge on any atom is 0.143 e. The lowest BCUT2D eigenvalue weighted by molar-refractivity contribution is 0.468. The third kappa shape index (κ3) is 2.93. The number of para-hydroxylation sites is 1. The van der Waals surface area contributed by atoms with Crippen LogP contribution in [0.5, 0.6) is 5.75 Å². The van der Waals surface area contributed by atoms with Gasteiger partial charge in [-0.1, -0.05) is 12.1 Å². The van der Waals surface area contributed by atoms with Crippen LogP contribution in [0.15, 0.2) is 45.3 Å². The van der Waals surface area contributed by atoms with E-state index in [1.165, 1.54) is 11.3 Å². The lowest BCUT2D eigenvalue weighted by Gasteiger charge is -2.02. The molecule has 0 aliphatic carbocycles. The van der Waals surface area contributed by atoms with E-state index in [-0.39, 0.29) is 5.75 Å². The Morgan fingerprint density at radius 1 is 1.23 bits per heavy atom. The molecule has 0 spiro atoms. The highest BCUT2D eigenvalue weighted by atomic mass is 79.9. The molecule has 3 nitrogen and oxygen atoms in total. The summed E-state index contributed by atoms with van der Waals surface area (Å²) in [6.07, 6.45) is 1.76. The summed E-state index contributed by atoms with van der Waals surface area (Å²) in [7, 11) is 0. The summed E-state index contributed by atoms with van der Waals surface area (Å²) in [6.45, 7) is 0. The van der Waals surface area contributed by atoms with Crippen LogP contribution in [0.2, 0.25) is 0 Å². The number of phenols is 1. The van der Waals surface area contributed by atoms with Gasteiger partial charge in [-0.2, -0.15) is 5.26 Å². The van der Waals surface area contributed by atoms with Gasteiger partial charge in [-0.25, -0.2) is 4.98 Å². The molecule has 0 bridgehead atoms. The van der Waals surface area contributed by atoms with Crippen molar-refractivity contribution in [2.45, 2.75) is 0 Å². The summed E-state index contributed by atoms with van der Waals surface area (Å²) >= 11 is 8.06. The molecule has 108 valence electrons. The fourth-order valence-corrected chi connectivity index (χ4v) is 4.12. The third-order valence-corrected chi connectivity index (χ3v) is 5.27. The van der Waals surface area contributed by atoms with Crippen molar-refractivity contribution in [1.29, 1.82) is 5.26 Å². The first-order chi connectivity index (χ1) is 10.6. The van der Waals surface area contributed by atoms with E-state index in [2.05, 4.69) is 42.9 Å². The molecule has 0 amide bonds. The first-order valence-corrected chi connectivity index (χ1v) is 8.64. The fourth-order valence-electron chi connectivity index (χ4n) is 1.96. The molecule has 6 heteroatoms. The number of thiazole rings is 1. The van der Waals surface area contributed by atoms with Gasteiger partial charge in [-0.15, -0.1) is 11.3 Å². The first-order valence-electron chi connectivity index (χ1n) is 6.24. The highest BCUT2D eigenvalue weighted by molar-refractivity contribution is 9.11. The number of nitrogens with zero attached hydrogens (tertiary/aromatic N) is 2. The second-order valence-electron chi connectivity index (χ2n) is 4.49. The van der Waals surface area contributed by atoms with E-state index in [1.807, 2.05) is 24.3 Å². The smallest absolute Gasteiger partial charge is 0.143 e. The van der Waals surface area contributed by atoms with Gasteiger partial charge in [0.1, 0.15) is 16.8 Å². The zero-order valence-electron chi connectivity index (χ0n) is 11.0. The van der Waals surface area contributed by atoms with Gasteiger partial charge in [0, 0.05) is 0 Å². The number of fused-ring (bicyclic) bond motifs is 1. The Hall–Kier alpha value is -1.68. The van der Waals surface area contributed by atoms with Crippen molar-refractivity contribution in [2.24, 2.45) is 0 Å². The molecule has 0 fully saturated rings. The van der Waals surface area contributed by atoms with Crippen LogP contribution < -0.4 is 0 Å². The number of benzene rings is 2. The average Bonchev–Trinajstić information content (AvgIpc) is 2.93. The second kappa shape index (κ2) is 6.21. The van der Waals surface area contributed by atoms with Crippen molar-refractivity contribution in [3.8, 4) is 11.8 Å². The third-order valence-electron chi connectivity index (χ3n) is 2.99. The molecule has 0 radical (unpaired) electrons. The highest BCUT2D eigenvalue weighted by Gasteiger charge is 2.10. The number of hydrogen-bond acceptors (Lipinski definition) is 4. The van der Waals surface area contributed by atoms with E-state index in [0.29, 0.717) is 19.5 Å². The van der Waals surface area contributed by atoms with Gasteiger partial charge in [-0.05, 0) is 67.8 Å². The van der Waals surface area contributed by atoms with E-state index in [1.54, 1.807) is 18.2 Å². The minimum absolute atomic E-state index is 0.135. The lowest BCUT2D eigenvalue weighted by Crippen LogP contribution is -1.82. The molecule has 0 atom stereocenters. The van der Waals surface area contributed by atoms with Gasteiger partial charge in [-0.3, -0.25) is 0 Å². The standard InChI is InChI=1S/C16H8Br2N2OS/c17-11-6-9(7-12(18)15(11)21)5-10(8-19)16-20-13-3-1-2-4-14(13)22-16/h1-7,21H. The number of aromatic hydroxyl groups is 1. The number of nitriles is 1. The summed E-state index contributed by atoms with van der Waals surface area (Å²) < 4.78 is 2.18. The van der Waals surface area contributed by atoms with Crippen LogP contribution in [0, 0.1) is 11.3 Å². The van der Waals surface area contributed by atoms with Crippen molar-refractivity contribution >= 4 is 65.1 Å². The number of rotatable bonds is 2. The Labute approximate surface area is 147 Å². The molecule has 0 saturated heterocycles. The van der Waals surface area contributed by atoms with Gasteiger partial charge in [0.15, 0.2) is 0 Å². The van der Waals surface area contributed by atoms with Gasteiger partial charge in [0.2, 0.25) is 0 Å². The molecular formula is C16H8Br2N2OS. The van der Waals surface area contributed by atoms with Crippen LogP contribution >= 0.6 is 43.2 Å². The average molecular weight is 436 g/mol. The minimum atomic E-state index is 0.135. The molecule has 1 N–H and O–H groups in total. The topological polar surface area (TPSA) is 56.9 Å². The highest BCUT2D eigenvalue weighted by Crippen LogP contribution is 2.35. The predicted molar refractivity (Wildman–Crippen MR) is 96.6 cm³/mol. The van der Waals surface area contributed by atoms with Crippen LogP contribution in [0.4, 0.5) is 0 Å². The molecule has 3 rings (SSSR count). The van der Waals surface area contributed by atoms with Crippen molar-refractivity contribution in [3.63, 3.8) is 0 Å². The molecule has 0 aliphatic heterocycles. The number of halogens is 2. The summed E-state index contributed by atoms with van der Waals surface area (Å²) in [5, 5.41) is 19.9. The summed E-state index contributed by atoms with van der Waals surface area (Å²) in [6, 6.07) is 13.5. The Morgan fingerprint density at radius 2 is 1.91 bits per heavy atom. The van der Waals surface area contributed by atoms with Crippen LogP contribution in [-0.2, 0) is 0 Å². The second-order valence-corrected chi connectivity index (χ2v) is 7.23. The molecule has 0 saturated carbocycles. The van der Waals surface area contributed by atoms with Crippen LogP contribution in [-0.4, -0.2) is 10.1 Å². The number of allylic oxidation sites excluding steroid dienone is 1. The van der Waals surface area contributed by atoms with Gasteiger partial charge >= 0.3 is 0 Å². The fraction of sp³-hybridized carbons (Fsp3) is 0. The quantitative estimate of drug-likeness (QED) is 0.533. The summed E-state index contributed by atoms with van der Waals surface area (Å²) in [5.41, 5.74) is 2.18. The number of hydrogen-bond donors (Lipinski definition) is 1. The van der Waals surface area contributed by atoms with E-state index in [0.717, 1.165) is 15.8 Å². The van der Waals surface area contributed by atoms with Crippen LogP contribution in [0.1, 0.15) is 10.6 Å². The maximum absolute atomic E-state index is 9.74. The first kappa shape index (κ1) is 15.2. The largest absolute Gasteiger partial charge is 0.506 e. The van der Waals surface area contributed by atoms with Crippen molar-refractivity contribution in [1.82, 2.24) is 4.98 Å². The summed E-state index contributed by atoms with van der Waals surface area (Å²) in [5.74, 6) is 0.135. The van der Waals surface area contributed by atoms with Crippen molar-refractivity contribution in [3.05, 3.63) is 55.9 Å². The maximum atomic E-state index is 9.74. The molecule has 3 aromatic rings. The Kier molecular flexibility index (Phi) is 4.30. The van der Waals surface area contributed by atoms with Crippen molar-refractivity contribution < 1.29 is 5.11 Å². The monoisotopic (exact) mass is 434 g/mol. The summed E-state index contributed by atoms with van der Waals surface area (Å²) in [4.78, 5) is 4.50. The van der Waals surface area contributed by atoms with Crippen LogP contribution in [0.25, 0.3) is 21.9 Å². The van der Waals surface area contributed by atoms with Crippen molar-refractivity contribution in [2.75, 3.05) is 0 Å². The molecule has 2 aromatic carbocycles. The van der Waals surface area contributed by atoms with Gasteiger partial charge in [0.05, 0.1) is 24.7 Å². The van der Waals surface area contributed by atoms with E-state index in [9.17, 15) is 10.4 Å². The number of aromatic nitrogens is 1. The number of phenolic OH excluding ortho intramolecular Hbond substituents is 1. The Balaban J connectivity index is 2.09. The predicted octanol–water partition coefficient (Wildman–Crippen LogP) is 5.59. The molecule has 0 aliphatic rings. The zero-order valence-corrected chi connectivity index (χ0v) is 15.0. The molecular weight excluding hydrogens is 428 g/mol. The zero-order chi connectivity index (χ0) is 15.7. The van der Waals surface area contributed by atoms with E-state index < -0.39 is 0 Å². The van der Waals surface area contributed by atoms with Crippen LogP contribution in [0.3, 0.4) is 0 Å². The SMILES string of the molecule is N#CC(=Cc1cc(Br)c(O)c(Br)c1)c1nc2ccccc2s1. The molecule has 0 unspecified atom stereocenters. The van der Waals surface area contributed by atoms with E-state index >= 15 is 0 Å². The molecule has 1 heterocycles. The Bertz CT molecular complexity index is 885. The Morgan fingerprint density at radius 3 is 2.55 bits per heavy atom. The van der Waals surface area contributed by atoms with Gasteiger partial charge < -0.3 is 5.11 Å². The molecule has 22 heavy (non-hydrogen) atoms. The van der Waals surface area contributed by atoms with Gasteiger partial charge in [0.25, 0.3) is 0 Å². The molecule has 1 aromatic heterocycles. The minimum Gasteiger partial charge on any atom is -0.506 e.